The van der Waals surface area contributed by atoms with Gasteiger partial charge in [-0.15, -0.1) is 0 Å². The second-order valence-corrected chi connectivity index (χ2v) is 5.85. The molecule has 0 aliphatic carbocycles. The first-order valence-electron chi connectivity index (χ1n) is 7.89. The van der Waals surface area contributed by atoms with Crippen molar-refractivity contribution < 1.29 is 4.79 Å². The van der Waals surface area contributed by atoms with Gasteiger partial charge in [-0.2, -0.15) is 0 Å². The van der Waals surface area contributed by atoms with Crippen LogP contribution in [-0.2, 0) is 6.54 Å². The highest BCUT2D eigenvalue weighted by Crippen LogP contribution is 2.33. The fourth-order valence-corrected chi connectivity index (χ4v) is 3.17. The van der Waals surface area contributed by atoms with Crippen molar-refractivity contribution in [3.8, 4) is 0 Å². The van der Waals surface area contributed by atoms with E-state index in [2.05, 4.69) is 30.4 Å². The molecule has 0 spiro atoms. The van der Waals surface area contributed by atoms with Crippen LogP contribution in [-0.4, -0.2) is 17.5 Å². The summed E-state index contributed by atoms with van der Waals surface area (Å²) in [5.74, 6) is 0. The highest BCUT2D eigenvalue weighted by Gasteiger charge is 2.30. The maximum absolute atomic E-state index is 12.5. The van der Waals surface area contributed by atoms with Gasteiger partial charge in [-0.05, 0) is 36.5 Å². The summed E-state index contributed by atoms with van der Waals surface area (Å²) < 4.78 is 0. The minimum Gasteiger partial charge on any atom is -0.334 e. The topological polar surface area (TPSA) is 32.3 Å². The van der Waals surface area contributed by atoms with Gasteiger partial charge < -0.3 is 10.2 Å². The zero-order valence-corrected chi connectivity index (χ0v) is 13.0. The Morgan fingerprint density at radius 3 is 2.64 bits per heavy atom. The van der Waals surface area contributed by atoms with Gasteiger partial charge in [0.15, 0.2) is 0 Å². The first-order chi connectivity index (χ1) is 10.8. The fourth-order valence-electron chi connectivity index (χ4n) is 3.17. The lowest BCUT2D eigenvalue weighted by molar-refractivity contribution is 0.192. The van der Waals surface area contributed by atoms with Crippen LogP contribution in [0.4, 0.5) is 4.79 Å². The molecule has 1 heterocycles. The highest BCUT2D eigenvalue weighted by atomic mass is 16.2. The standard InChI is InChI=1S/C19H22N2O/c1-15-8-5-6-11-17(15)18-12-7-13-21(18)19(22)20-14-16-9-3-2-4-10-16/h2-6,8-11,18H,7,12-14H2,1H3,(H,20,22)/t18-/m0/s1. The number of hydrogen-bond acceptors (Lipinski definition) is 1. The number of carbonyl (C=O) groups is 1. The van der Waals surface area contributed by atoms with E-state index in [1.54, 1.807) is 0 Å². The maximum atomic E-state index is 12.5. The molecule has 2 aromatic rings. The number of rotatable bonds is 3. The molecule has 2 amide bonds. The van der Waals surface area contributed by atoms with E-state index in [-0.39, 0.29) is 12.1 Å². The summed E-state index contributed by atoms with van der Waals surface area (Å²) in [6, 6.07) is 18.6. The van der Waals surface area contributed by atoms with E-state index in [0.29, 0.717) is 6.54 Å². The summed E-state index contributed by atoms with van der Waals surface area (Å²) >= 11 is 0. The predicted octanol–water partition coefficient (Wildman–Crippen LogP) is 4.04. The fraction of sp³-hybridized carbons (Fsp3) is 0.316. The quantitative estimate of drug-likeness (QED) is 0.910. The number of hydrogen-bond donors (Lipinski definition) is 1. The first-order valence-corrected chi connectivity index (χ1v) is 7.89. The number of nitrogens with one attached hydrogen (secondary N) is 1. The molecule has 3 rings (SSSR count). The van der Waals surface area contributed by atoms with Gasteiger partial charge in [0.05, 0.1) is 6.04 Å². The zero-order valence-electron chi connectivity index (χ0n) is 13.0. The molecule has 0 radical (unpaired) electrons. The Bertz CT molecular complexity index is 639. The van der Waals surface area contributed by atoms with E-state index in [4.69, 9.17) is 0 Å². The molecule has 1 aliphatic rings. The summed E-state index contributed by atoms with van der Waals surface area (Å²) in [7, 11) is 0. The second kappa shape index (κ2) is 6.65. The number of aryl methyl sites for hydroxylation is 1. The minimum atomic E-state index is 0.0367. The van der Waals surface area contributed by atoms with E-state index in [1.165, 1.54) is 11.1 Å². The average molecular weight is 294 g/mol. The summed E-state index contributed by atoms with van der Waals surface area (Å²) in [5.41, 5.74) is 3.66. The van der Waals surface area contributed by atoms with Gasteiger partial charge in [-0.1, -0.05) is 54.6 Å². The van der Waals surface area contributed by atoms with E-state index in [0.717, 1.165) is 24.9 Å². The number of carbonyl (C=O) groups excluding carboxylic acids is 1. The Labute approximate surface area is 132 Å². The van der Waals surface area contributed by atoms with Crippen LogP contribution in [0.15, 0.2) is 54.6 Å². The number of benzene rings is 2. The third-order valence-corrected chi connectivity index (χ3v) is 4.35. The van der Waals surface area contributed by atoms with Gasteiger partial charge in [0.25, 0.3) is 0 Å². The lowest BCUT2D eigenvalue weighted by atomic mass is 9.99. The molecule has 2 aromatic carbocycles. The number of urea groups is 1. The summed E-state index contributed by atoms with van der Waals surface area (Å²) in [5, 5.41) is 3.05. The van der Waals surface area contributed by atoms with E-state index >= 15 is 0 Å². The normalized spacial score (nSPS) is 17.5. The lowest BCUT2D eigenvalue weighted by Crippen LogP contribution is -2.39. The van der Waals surface area contributed by atoms with Crippen LogP contribution in [0.2, 0.25) is 0 Å². The van der Waals surface area contributed by atoms with Gasteiger partial charge in [0.2, 0.25) is 0 Å². The molecule has 3 nitrogen and oxygen atoms in total. The zero-order chi connectivity index (χ0) is 15.4. The maximum Gasteiger partial charge on any atom is 0.318 e. The Morgan fingerprint density at radius 2 is 1.86 bits per heavy atom. The molecule has 3 heteroatoms. The Morgan fingerprint density at radius 1 is 1.14 bits per heavy atom. The third-order valence-electron chi connectivity index (χ3n) is 4.35. The van der Waals surface area contributed by atoms with E-state index in [1.807, 2.05) is 41.3 Å². The van der Waals surface area contributed by atoms with Crippen LogP contribution >= 0.6 is 0 Å². The molecule has 22 heavy (non-hydrogen) atoms. The third kappa shape index (κ3) is 3.14. The molecule has 114 valence electrons. The van der Waals surface area contributed by atoms with Crippen molar-refractivity contribution >= 4 is 6.03 Å². The van der Waals surface area contributed by atoms with Crippen molar-refractivity contribution in [2.45, 2.75) is 32.4 Å². The van der Waals surface area contributed by atoms with Gasteiger partial charge in [-0.3, -0.25) is 0 Å². The molecular weight excluding hydrogens is 272 g/mol. The van der Waals surface area contributed by atoms with E-state index < -0.39 is 0 Å². The number of nitrogens with zero attached hydrogens (tertiary/aromatic N) is 1. The smallest absolute Gasteiger partial charge is 0.318 e. The molecule has 0 saturated carbocycles. The van der Waals surface area contributed by atoms with Crippen molar-refractivity contribution in [3.05, 3.63) is 71.3 Å². The van der Waals surface area contributed by atoms with Crippen LogP contribution in [0.3, 0.4) is 0 Å². The Kier molecular flexibility index (Phi) is 4.42. The summed E-state index contributed by atoms with van der Waals surface area (Å²) in [4.78, 5) is 14.5. The van der Waals surface area contributed by atoms with Crippen molar-refractivity contribution in [1.82, 2.24) is 10.2 Å². The van der Waals surface area contributed by atoms with Crippen molar-refractivity contribution in [1.29, 1.82) is 0 Å². The molecule has 1 aliphatic heterocycles. The molecule has 1 saturated heterocycles. The van der Waals surface area contributed by atoms with Gasteiger partial charge in [0.1, 0.15) is 0 Å². The molecule has 1 atom stereocenters. The largest absolute Gasteiger partial charge is 0.334 e. The minimum absolute atomic E-state index is 0.0367. The summed E-state index contributed by atoms with van der Waals surface area (Å²) in [6.45, 7) is 3.53. The van der Waals surface area contributed by atoms with Crippen molar-refractivity contribution in [3.63, 3.8) is 0 Å². The van der Waals surface area contributed by atoms with Crippen molar-refractivity contribution in [2.24, 2.45) is 0 Å². The molecule has 0 bridgehead atoms. The van der Waals surface area contributed by atoms with Crippen molar-refractivity contribution in [2.75, 3.05) is 6.54 Å². The van der Waals surface area contributed by atoms with Crippen LogP contribution in [0.1, 0.15) is 35.6 Å². The van der Waals surface area contributed by atoms with Crippen LogP contribution in [0.25, 0.3) is 0 Å². The number of likely N-dealkylation sites (tertiary alicyclic amines) is 1. The van der Waals surface area contributed by atoms with Crippen LogP contribution in [0, 0.1) is 6.92 Å². The highest BCUT2D eigenvalue weighted by molar-refractivity contribution is 5.75. The molecule has 1 N–H and O–H groups in total. The molecule has 1 fully saturated rings. The monoisotopic (exact) mass is 294 g/mol. The van der Waals surface area contributed by atoms with Crippen LogP contribution < -0.4 is 5.32 Å². The first kappa shape index (κ1) is 14.6. The second-order valence-electron chi connectivity index (χ2n) is 5.85. The van der Waals surface area contributed by atoms with E-state index in [9.17, 15) is 4.79 Å². The van der Waals surface area contributed by atoms with Crippen LogP contribution in [0.5, 0.6) is 0 Å². The molecule has 0 aromatic heterocycles. The number of amides is 2. The summed E-state index contributed by atoms with van der Waals surface area (Å²) in [6.07, 6.45) is 2.11. The predicted molar refractivity (Wildman–Crippen MR) is 88.5 cm³/mol. The molecular formula is C19H22N2O. The Hall–Kier alpha value is -2.29. The average Bonchev–Trinajstić information content (AvgIpc) is 3.03. The van der Waals surface area contributed by atoms with Gasteiger partial charge in [0, 0.05) is 13.1 Å². The lowest BCUT2D eigenvalue weighted by Gasteiger charge is -2.26. The SMILES string of the molecule is Cc1ccccc1[C@@H]1CCCN1C(=O)NCc1ccccc1. The molecule has 0 unspecified atom stereocenters. The van der Waals surface area contributed by atoms with Gasteiger partial charge in [-0.25, -0.2) is 4.79 Å². The van der Waals surface area contributed by atoms with Gasteiger partial charge >= 0.3 is 6.03 Å². The Balaban J connectivity index is 1.68.